The number of hydrogen-bond donors (Lipinski definition) is 1. The lowest BCUT2D eigenvalue weighted by Gasteiger charge is -2.36. The Hall–Kier alpha value is -2.33. The number of rotatable bonds is 3. The first-order chi connectivity index (χ1) is 11.3. The summed E-state index contributed by atoms with van der Waals surface area (Å²) in [4.78, 5) is 8.02. The van der Waals surface area contributed by atoms with Crippen LogP contribution in [0.4, 0.5) is 10.1 Å². The van der Waals surface area contributed by atoms with Gasteiger partial charge in [-0.25, -0.2) is 4.39 Å². The van der Waals surface area contributed by atoms with Gasteiger partial charge in [-0.1, -0.05) is 24.3 Å². The predicted molar refractivity (Wildman–Crippen MR) is 92.2 cm³/mol. The van der Waals surface area contributed by atoms with Crippen LogP contribution in [0.25, 0.3) is 10.9 Å². The van der Waals surface area contributed by atoms with Gasteiger partial charge in [-0.05, 0) is 24.3 Å². The molecule has 0 aliphatic carbocycles. The fourth-order valence-electron chi connectivity index (χ4n) is 3.36. The highest BCUT2D eigenvalue weighted by molar-refractivity contribution is 5.92. The van der Waals surface area contributed by atoms with Gasteiger partial charge in [-0.2, -0.15) is 0 Å². The van der Waals surface area contributed by atoms with Crippen LogP contribution in [0.3, 0.4) is 0 Å². The van der Waals surface area contributed by atoms with E-state index in [-0.39, 0.29) is 5.82 Å². The van der Waals surface area contributed by atoms with E-state index in [1.807, 2.05) is 18.3 Å². The molecule has 1 aliphatic rings. The standard InChI is InChI=1S/C19H20FN3/c20-17-5-2-1-4-15(17)14-22-10-12-23(13-11-22)19-7-3-6-18-16(19)8-9-21-18/h1-9,21H,10-14H2. The number of benzene rings is 2. The van der Waals surface area contributed by atoms with Crippen molar-refractivity contribution >= 4 is 16.6 Å². The van der Waals surface area contributed by atoms with Crippen LogP contribution < -0.4 is 4.90 Å². The summed E-state index contributed by atoms with van der Waals surface area (Å²) in [5.41, 5.74) is 3.25. The van der Waals surface area contributed by atoms with Gasteiger partial charge < -0.3 is 9.88 Å². The largest absolute Gasteiger partial charge is 0.368 e. The summed E-state index contributed by atoms with van der Waals surface area (Å²) in [5.74, 6) is -0.105. The van der Waals surface area contributed by atoms with Crippen molar-refractivity contribution in [2.75, 3.05) is 31.1 Å². The molecule has 118 valence electrons. The van der Waals surface area contributed by atoms with Gasteiger partial charge in [0.1, 0.15) is 5.82 Å². The summed E-state index contributed by atoms with van der Waals surface area (Å²) in [6.45, 7) is 4.54. The maximum atomic E-state index is 13.8. The van der Waals surface area contributed by atoms with E-state index in [0.717, 1.165) is 31.7 Å². The Labute approximate surface area is 135 Å². The molecule has 4 heteroatoms. The average Bonchev–Trinajstić information content (AvgIpc) is 3.06. The SMILES string of the molecule is Fc1ccccc1CN1CCN(c2cccc3[nH]ccc23)CC1. The van der Waals surface area contributed by atoms with Crippen molar-refractivity contribution in [3.05, 3.63) is 66.1 Å². The first-order valence-electron chi connectivity index (χ1n) is 8.08. The van der Waals surface area contributed by atoms with E-state index in [9.17, 15) is 4.39 Å². The van der Waals surface area contributed by atoms with Crippen molar-refractivity contribution in [1.82, 2.24) is 9.88 Å². The Morgan fingerprint density at radius 3 is 2.57 bits per heavy atom. The highest BCUT2D eigenvalue weighted by Gasteiger charge is 2.19. The molecule has 1 saturated heterocycles. The van der Waals surface area contributed by atoms with Crippen LogP contribution in [0.1, 0.15) is 5.56 Å². The Balaban J connectivity index is 1.45. The van der Waals surface area contributed by atoms with Crippen molar-refractivity contribution in [1.29, 1.82) is 0 Å². The molecule has 0 saturated carbocycles. The number of hydrogen-bond acceptors (Lipinski definition) is 2. The van der Waals surface area contributed by atoms with Gasteiger partial charge in [0.15, 0.2) is 0 Å². The molecule has 0 spiro atoms. The summed E-state index contributed by atoms with van der Waals surface area (Å²) < 4.78 is 13.8. The molecule has 0 atom stereocenters. The molecule has 3 nitrogen and oxygen atoms in total. The molecule has 0 unspecified atom stereocenters. The van der Waals surface area contributed by atoms with Crippen molar-refractivity contribution < 1.29 is 4.39 Å². The van der Waals surface area contributed by atoms with Crippen LogP contribution in [0.15, 0.2) is 54.7 Å². The first kappa shape index (κ1) is 14.3. The highest BCUT2D eigenvalue weighted by atomic mass is 19.1. The molecule has 0 bridgehead atoms. The lowest BCUT2D eigenvalue weighted by atomic mass is 10.1. The quantitative estimate of drug-likeness (QED) is 0.798. The van der Waals surface area contributed by atoms with E-state index in [1.165, 1.54) is 22.7 Å². The number of anilines is 1. The van der Waals surface area contributed by atoms with Crippen LogP contribution in [0, 0.1) is 5.82 Å². The smallest absolute Gasteiger partial charge is 0.127 e. The number of fused-ring (bicyclic) bond motifs is 1. The second kappa shape index (κ2) is 6.05. The van der Waals surface area contributed by atoms with Gasteiger partial charge in [0.25, 0.3) is 0 Å². The van der Waals surface area contributed by atoms with Crippen molar-refractivity contribution in [3.8, 4) is 0 Å². The number of piperazine rings is 1. The van der Waals surface area contributed by atoms with E-state index in [0.29, 0.717) is 6.54 Å². The molecule has 0 amide bonds. The summed E-state index contributed by atoms with van der Waals surface area (Å²) in [6.07, 6.45) is 1.99. The minimum atomic E-state index is -0.105. The molecular formula is C19H20FN3. The number of nitrogens with one attached hydrogen (secondary N) is 1. The topological polar surface area (TPSA) is 22.3 Å². The summed E-state index contributed by atoms with van der Waals surface area (Å²) in [7, 11) is 0. The van der Waals surface area contributed by atoms with Crippen LogP contribution in [0.2, 0.25) is 0 Å². The van der Waals surface area contributed by atoms with E-state index >= 15 is 0 Å². The van der Waals surface area contributed by atoms with Gasteiger partial charge in [0.2, 0.25) is 0 Å². The molecule has 1 fully saturated rings. The molecule has 1 N–H and O–H groups in total. The molecule has 1 aromatic heterocycles. The van der Waals surface area contributed by atoms with Gasteiger partial charge in [-0.3, -0.25) is 4.90 Å². The minimum Gasteiger partial charge on any atom is -0.368 e. The molecule has 0 radical (unpaired) electrons. The fraction of sp³-hybridized carbons (Fsp3) is 0.263. The lowest BCUT2D eigenvalue weighted by Crippen LogP contribution is -2.46. The van der Waals surface area contributed by atoms with Crippen LogP contribution in [-0.2, 0) is 6.54 Å². The Morgan fingerprint density at radius 2 is 1.74 bits per heavy atom. The zero-order valence-electron chi connectivity index (χ0n) is 13.0. The maximum Gasteiger partial charge on any atom is 0.127 e. The van der Waals surface area contributed by atoms with Crippen molar-refractivity contribution in [2.45, 2.75) is 6.54 Å². The van der Waals surface area contributed by atoms with Gasteiger partial charge in [0, 0.05) is 61.1 Å². The fourth-order valence-corrected chi connectivity index (χ4v) is 3.36. The second-order valence-electron chi connectivity index (χ2n) is 6.07. The number of aromatic amines is 1. The van der Waals surface area contributed by atoms with Gasteiger partial charge >= 0.3 is 0 Å². The van der Waals surface area contributed by atoms with Crippen molar-refractivity contribution in [2.24, 2.45) is 0 Å². The summed E-state index contributed by atoms with van der Waals surface area (Å²) in [5, 5.41) is 1.27. The second-order valence-corrected chi connectivity index (χ2v) is 6.07. The molecular weight excluding hydrogens is 289 g/mol. The van der Waals surface area contributed by atoms with E-state index in [2.05, 4.69) is 39.0 Å². The van der Waals surface area contributed by atoms with Gasteiger partial charge in [-0.15, -0.1) is 0 Å². The summed E-state index contributed by atoms with van der Waals surface area (Å²) >= 11 is 0. The third-order valence-electron chi connectivity index (χ3n) is 4.64. The molecule has 1 aliphatic heterocycles. The molecule has 4 rings (SSSR count). The Morgan fingerprint density at radius 1 is 0.913 bits per heavy atom. The Bertz CT molecular complexity index is 803. The average molecular weight is 309 g/mol. The zero-order valence-corrected chi connectivity index (χ0v) is 13.0. The molecule has 3 aromatic rings. The van der Waals surface area contributed by atoms with Crippen molar-refractivity contribution in [3.63, 3.8) is 0 Å². The van der Waals surface area contributed by atoms with Crippen LogP contribution in [-0.4, -0.2) is 36.1 Å². The first-order valence-corrected chi connectivity index (χ1v) is 8.08. The molecule has 2 heterocycles. The highest BCUT2D eigenvalue weighted by Crippen LogP contribution is 2.27. The number of halogens is 1. The monoisotopic (exact) mass is 309 g/mol. The maximum absolute atomic E-state index is 13.8. The normalized spacial score (nSPS) is 16.1. The Kier molecular flexibility index (Phi) is 3.75. The van der Waals surface area contributed by atoms with Crippen LogP contribution in [0.5, 0.6) is 0 Å². The van der Waals surface area contributed by atoms with Crippen LogP contribution >= 0.6 is 0 Å². The lowest BCUT2D eigenvalue weighted by molar-refractivity contribution is 0.247. The predicted octanol–water partition coefficient (Wildman–Crippen LogP) is 3.63. The third-order valence-corrected chi connectivity index (χ3v) is 4.64. The number of H-pyrrole nitrogens is 1. The number of aromatic nitrogens is 1. The molecule has 23 heavy (non-hydrogen) atoms. The number of nitrogens with zero attached hydrogens (tertiary/aromatic N) is 2. The summed E-state index contributed by atoms with van der Waals surface area (Å²) in [6, 6.07) is 15.6. The minimum absolute atomic E-state index is 0.105. The zero-order chi connectivity index (χ0) is 15.6. The van der Waals surface area contributed by atoms with Gasteiger partial charge in [0.05, 0.1) is 0 Å². The molecule has 2 aromatic carbocycles. The third kappa shape index (κ3) is 2.82. The van der Waals surface area contributed by atoms with E-state index < -0.39 is 0 Å². The van der Waals surface area contributed by atoms with E-state index in [4.69, 9.17) is 0 Å². The van der Waals surface area contributed by atoms with E-state index in [1.54, 1.807) is 6.07 Å².